The molecule has 0 radical (unpaired) electrons. The minimum absolute atomic E-state index is 0.0458. The number of rotatable bonds is 6. The van der Waals surface area contributed by atoms with E-state index in [9.17, 15) is 9.59 Å². The van der Waals surface area contributed by atoms with Crippen molar-refractivity contribution in [2.75, 3.05) is 13.1 Å². The van der Waals surface area contributed by atoms with Crippen LogP contribution < -0.4 is 5.32 Å². The molecule has 5 nitrogen and oxygen atoms in total. The lowest BCUT2D eigenvalue weighted by Gasteiger charge is -2.22. The Labute approximate surface area is 181 Å². The van der Waals surface area contributed by atoms with Gasteiger partial charge in [-0.3, -0.25) is 9.59 Å². The van der Waals surface area contributed by atoms with Crippen molar-refractivity contribution < 1.29 is 9.59 Å². The number of para-hydroxylation sites is 1. The highest BCUT2D eigenvalue weighted by Crippen LogP contribution is 2.34. The van der Waals surface area contributed by atoms with Crippen LogP contribution in [0.4, 0.5) is 0 Å². The molecule has 30 heavy (non-hydrogen) atoms. The Kier molecular flexibility index (Phi) is 5.82. The topological polar surface area (TPSA) is 65.2 Å². The molecule has 2 atom stereocenters. The van der Waals surface area contributed by atoms with Crippen LogP contribution in [0.1, 0.15) is 37.3 Å². The van der Waals surface area contributed by atoms with Crippen LogP contribution in [0.5, 0.6) is 0 Å². The number of hydrogen-bond acceptors (Lipinski definition) is 2. The summed E-state index contributed by atoms with van der Waals surface area (Å²) in [5.41, 5.74) is 3.10. The molecule has 6 heteroatoms. The fourth-order valence-electron chi connectivity index (χ4n) is 4.28. The van der Waals surface area contributed by atoms with Gasteiger partial charge >= 0.3 is 0 Å². The molecular formula is C24H26ClN3O2. The van der Waals surface area contributed by atoms with E-state index in [4.69, 9.17) is 11.6 Å². The second-order valence-electron chi connectivity index (χ2n) is 8.15. The molecule has 2 unspecified atom stereocenters. The second-order valence-corrected chi connectivity index (χ2v) is 8.56. The molecular weight excluding hydrogens is 398 g/mol. The van der Waals surface area contributed by atoms with Crippen LogP contribution in [0.25, 0.3) is 10.9 Å². The number of fused-ring (bicyclic) bond motifs is 1. The quantitative estimate of drug-likeness (QED) is 0.619. The Hall–Kier alpha value is -2.79. The number of H-pyrrole nitrogens is 1. The molecule has 3 aromatic rings. The summed E-state index contributed by atoms with van der Waals surface area (Å²) in [6.07, 6.45) is 2.26. The van der Waals surface area contributed by atoms with Crippen molar-refractivity contribution in [3.63, 3.8) is 0 Å². The van der Waals surface area contributed by atoms with Crippen LogP contribution >= 0.6 is 11.6 Å². The summed E-state index contributed by atoms with van der Waals surface area (Å²) < 4.78 is 0. The lowest BCUT2D eigenvalue weighted by molar-refractivity contribution is -0.129. The van der Waals surface area contributed by atoms with Crippen molar-refractivity contribution in [2.45, 2.75) is 32.2 Å². The van der Waals surface area contributed by atoms with Gasteiger partial charge in [-0.2, -0.15) is 0 Å². The molecule has 0 saturated carbocycles. The molecule has 1 aliphatic heterocycles. The molecule has 2 heterocycles. The van der Waals surface area contributed by atoms with E-state index in [1.54, 1.807) is 4.90 Å². The molecule has 1 fully saturated rings. The predicted octanol–water partition coefficient (Wildman–Crippen LogP) is 4.33. The van der Waals surface area contributed by atoms with Crippen LogP contribution in [0.2, 0.25) is 5.02 Å². The fraction of sp³-hybridized carbons (Fsp3) is 0.333. The van der Waals surface area contributed by atoms with Crippen molar-refractivity contribution in [1.29, 1.82) is 0 Å². The molecule has 4 rings (SSSR count). The summed E-state index contributed by atoms with van der Waals surface area (Å²) in [4.78, 5) is 30.2. The van der Waals surface area contributed by atoms with Gasteiger partial charge in [0.2, 0.25) is 11.8 Å². The highest BCUT2D eigenvalue weighted by atomic mass is 35.5. The summed E-state index contributed by atoms with van der Waals surface area (Å²) in [5.74, 6) is -0.445. The summed E-state index contributed by atoms with van der Waals surface area (Å²) in [5, 5.41) is 4.87. The minimum Gasteiger partial charge on any atom is -0.361 e. The molecule has 156 valence electrons. The lowest BCUT2D eigenvalue weighted by atomic mass is 9.90. The van der Waals surface area contributed by atoms with Crippen LogP contribution in [0.15, 0.2) is 54.7 Å². The number of carbonyl (C=O) groups is 2. The van der Waals surface area contributed by atoms with Gasteiger partial charge in [0.15, 0.2) is 0 Å². The number of nitrogens with zero attached hydrogens (tertiary/aromatic N) is 1. The summed E-state index contributed by atoms with van der Waals surface area (Å²) in [6, 6.07) is 15.9. The van der Waals surface area contributed by atoms with Crippen LogP contribution in [0.3, 0.4) is 0 Å². The SMILES string of the molecule is CC(C)N1CC(C(=O)NCC(c2ccccc2Cl)c2c[nH]c3ccccc23)CC1=O. The third kappa shape index (κ3) is 3.94. The van der Waals surface area contributed by atoms with Crippen molar-refractivity contribution in [3.05, 3.63) is 70.9 Å². The van der Waals surface area contributed by atoms with Crippen molar-refractivity contribution in [1.82, 2.24) is 15.2 Å². The van der Waals surface area contributed by atoms with Gasteiger partial charge in [0.1, 0.15) is 0 Å². The lowest BCUT2D eigenvalue weighted by Crippen LogP contribution is -2.37. The molecule has 2 amide bonds. The molecule has 2 aromatic carbocycles. The third-order valence-corrected chi connectivity index (χ3v) is 6.25. The highest BCUT2D eigenvalue weighted by Gasteiger charge is 2.35. The van der Waals surface area contributed by atoms with E-state index in [0.717, 1.165) is 22.0 Å². The molecule has 1 aromatic heterocycles. The van der Waals surface area contributed by atoms with Crippen LogP contribution in [-0.2, 0) is 9.59 Å². The first-order valence-corrected chi connectivity index (χ1v) is 10.7. The average molecular weight is 424 g/mol. The first kappa shape index (κ1) is 20.5. The van der Waals surface area contributed by atoms with Gasteiger partial charge in [0.05, 0.1) is 5.92 Å². The first-order valence-electron chi connectivity index (χ1n) is 10.3. The minimum atomic E-state index is -0.310. The van der Waals surface area contributed by atoms with Gasteiger partial charge in [0, 0.05) is 53.6 Å². The molecule has 1 saturated heterocycles. The third-order valence-electron chi connectivity index (χ3n) is 5.91. The highest BCUT2D eigenvalue weighted by molar-refractivity contribution is 6.31. The number of aromatic nitrogens is 1. The fourth-order valence-corrected chi connectivity index (χ4v) is 4.55. The number of benzene rings is 2. The normalized spacial score (nSPS) is 17.7. The number of likely N-dealkylation sites (tertiary alicyclic amines) is 1. The van der Waals surface area contributed by atoms with Gasteiger partial charge in [0.25, 0.3) is 0 Å². The van der Waals surface area contributed by atoms with E-state index in [0.29, 0.717) is 18.1 Å². The molecule has 2 N–H and O–H groups in total. The average Bonchev–Trinajstić information content (AvgIpc) is 3.33. The zero-order valence-corrected chi connectivity index (χ0v) is 17.9. The smallest absolute Gasteiger partial charge is 0.225 e. The number of carbonyl (C=O) groups excluding carboxylic acids is 2. The molecule has 1 aliphatic rings. The van der Waals surface area contributed by atoms with E-state index in [2.05, 4.69) is 16.4 Å². The summed E-state index contributed by atoms with van der Waals surface area (Å²) in [7, 11) is 0. The Morgan fingerprint density at radius 2 is 1.90 bits per heavy atom. The Bertz CT molecular complexity index is 1080. The van der Waals surface area contributed by atoms with E-state index in [1.165, 1.54) is 0 Å². The summed E-state index contributed by atoms with van der Waals surface area (Å²) >= 11 is 6.53. The van der Waals surface area contributed by atoms with Gasteiger partial charge in [-0.1, -0.05) is 48.0 Å². The molecule has 0 spiro atoms. The zero-order chi connectivity index (χ0) is 21.3. The van der Waals surface area contributed by atoms with Crippen LogP contribution in [0, 0.1) is 5.92 Å². The zero-order valence-electron chi connectivity index (χ0n) is 17.2. The maximum absolute atomic E-state index is 12.9. The predicted molar refractivity (Wildman–Crippen MR) is 120 cm³/mol. The number of hydrogen-bond donors (Lipinski definition) is 2. The maximum atomic E-state index is 12.9. The largest absolute Gasteiger partial charge is 0.361 e. The second kappa shape index (κ2) is 8.52. The number of halogens is 1. The number of nitrogens with one attached hydrogen (secondary N) is 2. The van der Waals surface area contributed by atoms with Crippen molar-refractivity contribution >= 4 is 34.3 Å². The monoisotopic (exact) mass is 423 g/mol. The summed E-state index contributed by atoms with van der Waals surface area (Å²) in [6.45, 7) is 4.84. The van der Waals surface area contributed by atoms with Crippen molar-refractivity contribution in [3.8, 4) is 0 Å². The van der Waals surface area contributed by atoms with E-state index in [1.807, 2.05) is 62.5 Å². The van der Waals surface area contributed by atoms with Gasteiger partial charge in [-0.25, -0.2) is 0 Å². The Morgan fingerprint density at radius 3 is 2.63 bits per heavy atom. The van der Waals surface area contributed by atoms with Gasteiger partial charge in [-0.15, -0.1) is 0 Å². The molecule has 0 aliphatic carbocycles. The molecule has 0 bridgehead atoms. The van der Waals surface area contributed by atoms with Crippen molar-refractivity contribution in [2.24, 2.45) is 5.92 Å². The Morgan fingerprint density at radius 1 is 1.17 bits per heavy atom. The Balaban J connectivity index is 1.58. The van der Waals surface area contributed by atoms with E-state index < -0.39 is 0 Å². The maximum Gasteiger partial charge on any atom is 0.225 e. The standard InChI is InChI=1S/C24H26ClN3O2/c1-15(2)28-14-16(11-23(28)29)24(30)27-13-19(17-7-3-5-9-21(17)25)20-12-26-22-10-6-4-8-18(20)22/h3-10,12,15-16,19,26H,11,13-14H2,1-2H3,(H,27,30). The van der Waals surface area contributed by atoms with Crippen LogP contribution in [-0.4, -0.2) is 40.8 Å². The van der Waals surface area contributed by atoms with Gasteiger partial charge in [-0.05, 0) is 37.1 Å². The van der Waals surface area contributed by atoms with E-state index >= 15 is 0 Å². The number of amides is 2. The first-order chi connectivity index (χ1) is 14.5. The number of aromatic amines is 1. The van der Waals surface area contributed by atoms with E-state index in [-0.39, 0.29) is 36.1 Å². The van der Waals surface area contributed by atoms with Gasteiger partial charge < -0.3 is 15.2 Å².